The Labute approximate surface area is 106 Å². The molecule has 1 aromatic rings. The minimum atomic E-state index is 0.747. The number of nitrogens with zero attached hydrogens (tertiary/aromatic N) is 2. The Hall–Kier alpha value is -1.01. The first-order valence-corrected chi connectivity index (χ1v) is 6.46. The smallest absolute Gasteiger partial charge is 0.101 e. The number of halogens is 1. The van der Waals surface area contributed by atoms with Crippen LogP contribution in [0, 0.1) is 11.3 Å². The summed E-state index contributed by atoms with van der Waals surface area (Å²) in [6.45, 7) is 6.33. The molecule has 0 saturated heterocycles. The van der Waals surface area contributed by atoms with Gasteiger partial charge >= 0.3 is 0 Å². The van der Waals surface area contributed by atoms with Crippen molar-refractivity contribution in [2.45, 2.75) is 26.7 Å². The fourth-order valence-electron chi connectivity index (χ4n) is 1.77. The summed E-state index contributed by atoms with van der Waals surface area (Å²) in [7, 11) is 0. The molecule has 0 saturated carbocycles. The highest BCUT2D eigenvalue weighted by Gasteiger charge is 2.09. The zero-order valence-corrected chi connectivity index (χ0v) is 11.4. The van der Waals surface area contributed by atoms with Crippen molar-refractivity contribution in [2.24, 2.45) is 0 Å². The Bertz CT molecular complexity index is 376. The third-order valence-corrected chi connectivity index (χ3v) is 2.90. The highest BCUT2D eigenvalue weighted by atomic mass is 79.9. The van der Waals surface area contributed by atoms with Gasteiger partial charge in [-0.3, -0.25) is 0 Å². The maximum absolute atomic E-state index is 9.13. The van der Waals surface area contributed by atoms with Gasteiger partial charge in [0.15, 0.2) is 0 Å². The molecule has 0 radical (unpaired) electrons. The van der Waals surface area contributed by atoms with E-state index in [1.165, 1.54) is 0 Å². The van der Waals surface area contributed by atoms with Crippen LogP contribution in [0.15, 0.2) is 22.7 Å². The van der Waals surface area contributed by atoms with Crippen molar-refractivity contribution < 1.29 is 0 Å². The Morgan fingerprint density at radius 1 is 1.25 bits per heavy atom. The maximum atomic E-state index is 9.13. The molecule has 0 heterocycles. The van der Waals surface area contributed by atoms with E-state index in [0.29, 0.717) is 0 Å². The molecular formula is C13H17BrN2. The third-order valence-electron chi connectivity index (χ3n) is 2.41. The van der Waals surface area contributed by atoms with Crippen molar-refractivity contribution >= 4 is 21.6 Å². The van der Waals surface area contributed by atoms with Gasteiger partial charge in [0.2, 0.25) is 0 Å². The van der Waals surface area contributed by atoms with Crippen LogP contribution in [-0.2, 0) is 0 Å². The number of rotatable bonds is 5. The molecule has 0 atom stereocenters. The van der Waals surface area contributed by atoms with Gasteiger partial charge in [0, 0.05) is 17.6 Å². The van der Waals surface area contributed by atoms with Crippen molar-refractivity contribution in [1.82, 2.24) is 0 Å². The molecule has 86 valence electrons. The van der Waals surface area contributed by atoms with E-state index in [1.807, 2.05) is 18.2 Å². The van der Waals surface area contributed by atoms with Crippen molar-refractivity contribution in [3.8, 4) is 6.07 Å². The Morgan fingerprint density at radius 2 is 1.88 bits per heavy atom. The highest BCUT2D eigenvalue weighted by Crippen LogP contribution is 2.24. The van der Waals surface area contributed by atoms with E-state index in [1.54, 1.807) is 0 Å². The van der Waals surface area contributed by atoms with Gasteiger partial charge in [0.25, 0.3) is 0 Å². The Balaban J connectivity index is 3.03. The first-order valence-electron chi connectivity index (χ1n) is 5.67. The zero-order valence-electron chi connectivity index (χ0n) is 9.83. The lowest BCUT2D eigenvalue weighted by atomic mass is 10.1. The lowest BCUT2D eigenvalue weighted by Gasteiger charge is -2.24. The lowest BCUT2D eigenvalue weighted by Crippen LogP contribution is -2.25. The van der Waals surface area contributed by atoms with Crippen LogP contribution in [0.25, 0.3) is 0 Å². The summed E-state index contributed by atoms with van der Waals surface area (Å²) >= 11 is 3.39. The summed E-state index contributed by atoms with van der Waals surface area (Å²) < 4.78 is 0.959. The van der Waals surface area contributed by atoms with Crippen LogP contribution >= 0.6 is 15.9 Å². The lowest BCUT2D eigenvalue weighted by molar-refractivity contribution is 0.744. The molecule has 0 N–H and O–H groups in total. The summed E-state index contributed by atoms with van der Waals surface area (Å²) in [5, 5.41) is 9.13. The van der Waals surface area contributed by atoms with Gasteiger partial charge < -0.3 is 4.90 Å². The molecule has 3 heteroatoms. The monoisotopic (exact) mass is 280 g/mol. The first-order chi connectivity index (χ1) is 7.72. The average molecular weight is 281 g/mol. The Morgan fingerprint density at radius 3 is 2.38 bits per heavy atom. The number of hydrogen-bond donors (Lipinski definition) is 0. The van der Waals surface area contributed by atoms with Crippen LogP contribution in [0.5, 0.6) is 0 Å². The summed E-state index contributed by atoms with van der Waals surface area (Å²) in [5.41, 5.74) is 1.80. The minimum absolute atomic E-state index is 0.747. The fraction of sp³-hybridized carbons (Fsp3) is 0.462. The zero-order chi connectivity index (χ0) is 12.0. The standard InChI is InChI=1S/C13H17BrN2/c1-3-7-16(8-4-2)13-6-5-12(14)9-11(13)10-15/h5-6,9H,3-4,7-8H2,1-2H3. The van der Waals surface area contributed by atoms with Crippen LogP contribution < -0.4 is 4.90 Å². The molecule has 0 aliphatic rings. The van der Waals surface area contributed by atoms with Gasteiger partial charge in [0.1, 0.15) is 6.07 Å². The number of hydrogen-bond acceptors (Lipinski definition) is 2. The molecule has 0 spiro atoms. The van der Waals surface area contributed by atoms with Crippen molar-refractivity contribution in [3.63, 3.8) is 0 Å². The van der Waals surface area contributed by atoms with Crippen LogP contribution in [-0.4, -0.2) is 13.1 Å². The normalized spacial score (nSPS) is 9.88. The second-order valence-electron chi connectivity index (χ2n) is 3.76. The van der Waals surface area contributed by atoms with Gasteiger partial charge in [-0.05, 0) is 31.0 Å². The van der Waals surface area contributed by atoms with E-state index in [-0.39, 0.29) is 0 Å². The van der Waals surface area contributed by atoms with E-state index in [9.17, 15) is 0 Å². The average Bonchev–Trinajstić information content (AvgIpc) is 2.28. The van der Waals surface area contributed by atoms with E-state index in [2.05, 4.69) is 40.7 Å². The van der Waals surface area contributed by atoms with E-state index in [0.717, 1.165) is 41.7 Å². The van der Waals surface area contributed by atoms with Crippen molar-refractivity contribution in [2.75, 3.05) is 18.0 Å². The fourth-order valence-corrected chi connectivity index (χ4v) is 2.13. The molecule has 2 nitrogen and oxygen atoms in total. The largest absolute Gasteiger partial charge is 0.370 e. The van der Waals surface area contributed by atoms with Gasteiger partial charge in [0.05, 0.1) is 11.3 Å². The molecule has 0 aromatic heterocycles. The Kier molecular flexibility index (Phi) is 5.34. The summed E-state index contributed by atoms with van der Waals surface area (Å²) in [5.74, 6) is 0. The minimum Gasteiger partial charge on any atom is -0.370 e. The second-order valence-corrected chi connectivity index (χ2v) is 4.68. The predicted molar refractivity (Wildman–Crippen MR) is 71.7 cm³/mol. The summed E-state index contributed by atoms with van der Waals surface area (Å²) in [6.07, 6.45) is 2.20. The molecule has 0 fully saturated rings. The van der Waals surface area contributed by atoms with Crippen LogP contribution in [0.1, 0.15) is 32.3 Å². The summed E-state index contributed by atoms with van der Waals surface area (Å²) in [6, 6.07) is 8.16. The third kappa shape index (κ3) is 3.24. The molecule has 0 aliphatic carbocycles. The van der Waals surface area contributed by atoms with Gasteiger partial charge in [-0.25, -0.2) is 0 Å². The molecule has 1 aromatic carbocycles. The summed E-state index contributed by atoms with van der Waals surface area (Å²) in [4.78, 5) is 2.28. The quantitative estimate of drug-likeness (QED) is 0.817. The van der Waals surface area contributed by atoms with Crippen LogP contribution in [0.2, 0.25) is 0 Å². The van der Waals surface area contributed by atoms with E-state index >= 15 is 0 Å². The molecule has 0 amide bonds. The maximum Gasteiger partial charge on any atom is 0.101 e. The topological polar surface area (TPSA) is 27.0 Å². The van der Waals surface area contributed by atoms with Gasteiger partial charge in [-0.1, -0.05) is 29.8 Å². The number of nitriles is 1. The SMILES string of the molecule is CCCN(CCC)c1ccc(Br)cc1C#N. The molecule has 0 unspecified atom stereocenters. The molecule has 1 rings (SSSR count). The van der Waals surface area contributed by atoms with Crippen LogP contribution in [0.3, 0.4) is 0 Å². The number of anilines is 1. The second kappa shape index (κ2) is 6.55. The van der Waals surface area contributed by atoms with E-state index < -0.39 is 0 Å². The molecular weight excluding hydrogens is 264 g/mol. The van der Waals surface area contributed by atoms with Gasteiger partial charge in [-0.15, -0.1) is 0 Å². The molecule has 0 bridgehead atoms. The molecule has 0 aliphatic heterocycles. The van der Waals surface area contributed by atoms with Crippen molar-refractivity contribution in [1.29, 1.82) is 5.26 Å². The number of benzene rings is 1. The van der Waals surface area contributed by atoms with E-state index in [4.69, 9.17) is 5.26 Å². The van der Waals surface area contributed by atoms with Gasteiger partial charge in [-0.2, -0.15) is 5.26 Å². The van der Waals surface area contributed by atoms with Crippen molar-refractivity contribution in [3.05, 3.63) is 28.2 Å². The van der Waals surface area contributed by atoms with Crippen LogP contribution in [0.4, 0.5) is 5.69 Å². The predicted octanol–water partition coefficient (Wildman–Crippen LogP) is 3.95. The highest BCUT2D eigenvalue weighted by molar-refractivity contribution is 9.10. The molecule has 16 heavy (non-hydrogen) atoms. The first kappa shape index (κ1) is 13.1.